The van der Waals surface area contributed by atoms with E-state index < -0.39 is 0 Å². The second-order valence-corrected chi connectivity index (χ2v) is 5.90. The van der Waals surface area contributed by atoms with Gasteiger partial charge in [0.25, 0.3) is 0 Å². The fourth-order valence-corrected chi connectivity index (χ4v) is 2.64. The van der Waals surface area contributed by atoms with E-state index in [-0.39, 0.29) is 19.1 Å². The maximum atomic E-state index is 11.8. The predicted molar refractivity (Wildman–Crippen MR) is 83.5 cm³/mol. The lowest BCUT2D eigenvalue weighted by Crippen LogP contribution is -2.21. The van der Waals surface area contributed by atoms with Crippen LogP contribution in [0.2, 0.25) is 0 Å². The van der Waals surface area contributed by atoms with E-state index in [2.05, 4.69) is 15.5 Å². The number of aromatic nitrogens is 1. The van der Waals surface area contributed by atoms with Crippen molar-refractivity contribution in [3.63, 3.8) is 0 Å². The molecule has 0 saturated carbocycles. The van der Waals surface area contributed by atoms with Crippen LogP contribution in [0.1, 0.15) is 23.2 Å². The van der Waals surface area contributed by atoms with Gasteiger partial charge in [0.2, 0.25) is 12.7 Å². The molecule has 2 aromatic rings. The SMILES string of the molecule is C/C(=N/NC(=O)Cc1csc(C)n1)c1ccc2c(c1)OCO2. The Morgan fingerprint density at radius 2 is 2.23 bits per heavy atom. The summed E-state index contributed by atoms with van der Waals surface area (Å²) in [5.74, 6) is 1.22. The van der Waals surface area contributed by atoms with Crippen molar-refractivity contribution in [1.29, 1.82) is 0 Å². The summed E-state index contributed by atoms with van der Waals surface area (Å²) in [5.41, 5.74) is 4.87. The van der Waals surface area contributed by atoms with Gasteiger partial charge in [-0.1, -0.05) is 0 Å². The molecule has 7 heteroatoms. The molecule has 1 aliphatic rings. The molecule has 0 spiro atoms. The molecule has 1 aromatic carbocycles. The number of rotatable bonds is 4. The number of hydrogen-bond donors (Lipinski definition) is 1. The molecule has 114 valence electrons. The second kappa shape index (κ2) is 6.15. The average molecular weight is 317 g/mol. The average Bonchev–Trinajstić information content (AvgIpc) is 3.12. The predicted octanol–water partition coefficient (Wildman–Crippen LogP) is 2.26. The Bertz CT molecular complexity index is 739. The molecule has 2 heterocycles. The lowest BCUT2D eigenvalue weighted by atomic mass is 10.1. The maximum Gasteiger partial charge on any atom is 0.246 e. The zero-order valence-electron chi connectivity index (χ0n) is 12.3. The molecule has 1 aromatic heterocycles. The van der Waals surface area contributed by atoms with E-state index in [1.165, 1.54) is 11.3 Å². The number of fused-ring (bicyclic) bond motifs is 1. The Labute approximate surface area is 131 Å². The molecule has 6 nitrogen and oxygen atoms in total. The van der Waals surface area contributed by atoms with Crippen molar-refractivity contribution in [1.82, 2.24) is 10.4 Å². The van der Waals surface area contributed by atoms with Crippen LogP contribution in [0.15, 0.2) is 28.7 Å². The van der Waals surface area contributed by atoms with Crippen molar-refractivity contribution in [2.24, 2.45) is 5.10 Å². The van der Waals surface area contributed by atoms with Crippen LogP contribution in [0.5, 0.6) is 11.5 Å². The molecule has 0 unspecified atom stereocenters. The van der Waals surface area contributed by atoms with Crippen molar-refractivity contribution in [2.45, 2.75) is 20.3 Å². The number of nitrogens with zero attached hydrogens (tertiary/aromatic N) is 2. The van der Waals surface area contributed by atoms with Gasteiger partial charge < -0.3 is 9.47 Å². The van der Waals surface area contributed by atoms with Gasteiger partial charge in [0.1, 0.15) is 0 Å². The van der Waals surface area contributed by atoms with Crippen LogP contribution in [0.3, 0.4) is 0 Å². The van der Waals surface area contributed by atoms with E-state index in [1.54, 1.807) is 0 Å². The summed E-state index contributed by atoms with van der Waals surface area (Å²) in [6.07, 6.45) is 0.224. The first-order valence-electron chi connectivity index (χ1n) is 6.76. The highest BCUT2D eigenvalue weighted by Crippen LogP contribution is 2.32. The highest BCUT2D eigenvalue weighted by atomic mass is 32.1. The fraction of sp³-hybridized carbons (Fsp3) is 0.267. The largest absolute Gasteiger partial charge is 0.454 e. The van der Waals surface area contributed by atoms with Crippen LogP contribution >= 0.6 is 11.3 Å². The van der Waals surface area contributed by atoms with Gasteiger partial charge in [-0.05, 0) is 32.0 Å². The van der Waals surface area contributed by atoms with Gasteiger partial charge in [0, 0.05) is 10.9 Å². The molecule has 0 saturated heterocycles. The number of hydrazone groups is 1. The Morgan fingerprint density at radius 3 is 3.00 bits per heavy atom. The van der Waals surface area contributed by atoms with E-state index in [9.17, 15) is 4.79 Å². The first-order valence-corrected chi connectivity index (χ1v) is 7.64. The van der Waals surface area contributed by atoms with Crippen LogP contribution in [0.25, 0.3) is 0 Å². The van der Waals surface area contributed by atoms with E-state index in [1.807, 2.05) is 37.4 Å². The molecular weight excluding hydrogens is 302 g/mol. The van der Waals surface area contributed by atoms with E-state index >= 15 is 0 Å². The summed E-state index contributed by atoms with van der Waals surface area (Å²) in [5, 5.41) is 6.94. The molecular formula is C15H15N3O3S. The van der Waals surface area contributed by atoms with Crippen LogP contribution in [0.4, 0.5) is 0 Å². The molecule has 0 bridgehead atoms. The third kappa shape index (κ3) is 3.25. The molecule has 0 aliphatic carbocycles. The lowest BCUT2D eigenvalue weighted by Gasteiger charge is -2.03. The first kappa shape index (κ1) is 14.5. The van der Waals surface area contributed by atoms with Gasteiger partial charge in [-0.15, -0.1) is 11.3 Å². The number of thiazole rings is 1. The molecule has 3 rings (SSSR count). The highest BCUT2D eigenvalue weighted by Gasteiger charge is 2.14. The van der Waals surface area contributed by atoms with Gasteiger partial charge in [-0.25, -0.2) is 10.4 Å². The third-order valence-electron chi connectivity index (χ3n) is 3.15. The van der Waals surface area contributed by atoms with Crippen LogP contribution in [-0.2, 0) is 11.2 Å². The number of ether oxygens (including phenoxy) is 2. The van der Waals surface area contributed by atoms with E-state index in [4.69, 9.17) is 9.47 Å². The minimum atomic E-state index is -0.189. The third-order valence-corrected chi connectivity index (χ3v) is 3.97. The topological polar surface area (TPSA) is 72.8 Å². The van der Waals surface area contributed by atoms with Crippen LogP contribution in [0, 0.1) is 6.92 Å². The first-order chi connectivity index (χ1) is 10.6. The monoisotopic (exact) mass is 317 g/mol. The Kier molecular flexibility index (Phi) is 4.06. The summed E-state index contributed by atoms with van der Waals surface area (Å²) in [4.78, 5) is 16.1. The summed E-state index contributed by atoms with van der Waals surface area (Å²) in [7, 11) is 0. The second-order valence-electron chi connectivity index (χ2n) is 4.83. The molecule has 1 N–H and O–H groups in total. The molecule has 0 fully saturated rings. The number of aryl methyl sites for hydroxylation is 1. The van der Waals surface area contributed by atoms with E-state index in [0.717, 1.165) is 22.0 Å². The number of amides is 1. The molecule has 0 atom stereocenters. The highest BCUT2D eigenvalue weighted by molar-refractivity contribution is 7.09. The summed E-state index contributed by atoms with van der Waals surface area (Å²) in [6.45, 7) is 3.97. The zero-order valence-corrected chi connectivity index (χ0v) is 13.1. The quantitative estimate of drug-likeness (QED) is 0.693. The van der Waals surface area contributed by atoms with Crippen molar-refractivity contribution in [3.05, 3.63) is 39.8 Å². The number of hydrogen-bond acceptors (Lipinski definition) is 6. The maximum absolute atomic E-state index is 11.8. The van der Waals surface area contributed by atoms with Gasteiger partial charge in [0.15, 0.2) is 11.5 Å². The fourth-order valence-electron chi connectivity index (χ4n) is 2.03. The molecule has 22 heavy (non-hydrogen) atoms. The Morgan fingerprint density at radius 1 is 1.41 bits per heavy atom. The molecule has 1 amide bonds. The van der Waals surface area contributed by atoms with E-state index in [0.29, 0.717) is 11.5 Å². The van der Waals surface area contributed by atoms with Gasteiger partial charge in [-0.3, -0.25) is 4.79 Å². The van der Waals surface area contributed by atoms with Gasteiger partial charge in [0.05, 0.1) is 22.8 Å². The number of benzene rings is 1. The smallest absolute Gasteiger partial charge is 0.246 e. The number of carbonyl (C=O) groups is 1. The standard InChI is InChI=1S/C15H15N3O3S/c1-9(11-3-4-13-14(5-11)21-8-20-13)17-18-15(19)6-12-7-22-10(2)16-12/h3-5,7H,6,8H2,1-2H3,(H,18,19)/b17-9-. The van der Waals surface area contributed by atoms with Crippen molar-refractivity contribution in [3.8, 4) is 11.5 Å². The van der Waals surface area contributed by atoms with Crippen molar-refractivity contribution < 1.29 is 14.3 Å². The number of carbonyl (C=O) groups excluding carboxylic acids is 1. The summed E-state index contributed by atoms with van der Waals surface area (Å²) in [6, 6.07) is 5.55. The lowest BCUT2D eigenvalue weighted by molar-refractivity contribution is -0.120. The summed E-state index contributed by atoms with van der Waals surface area (Å²) < 4.78 is 10.6. The zero-order chi connectivity index (χ0) is 15.5. The molecule has 0 radical (unpaired) electrons. The van der Waals surface area contributed by atoms with Crippen LogP contribution in [-0.4, -0.2) is 23.4 Å². The number of nitrogens with one attached hydrogen (secondary N) is 1. The Hall–Kier alpha value is -2.41. The normalized spacial score (nSPS) is 13.3. The molecule has 1 aliphatic heterocycles. The Balaban J connectivity index is 1.63. The van der Waals surface area contributed by atoms with Gasteiger partial charge in [-0.2, -0.15) is 5.10 Å². The minimum absolute atomic E-state index is 0.189. The van der Waals surface area contributed by atoms with Crippen molar-refractivity contribution >= 4 is 23.0 Å². The van der Waals surface area contributed by atoms with Crippen molar-refractivity contribution in [2.75, 3.05) is 6.79 Å². The minimum Gasteiger partial charge on any atom is -0.454 e. The summed E-state index contributed by atoms with van der Waals surface area (Å²) >= 11 is 1.53. The van der Waals surface area contributed by atoms with Crippen LogP contribution < -0.4 is 14.9 Å². The van der Waals surface area contributed by atoms with Gasteiger partial charge >= 0.3 is 0 Å².